The van der Waals surface area contributed by atoms with E-state index in [1.165, 1.54) is 18.2 Å². The van der Waals surface area contributed by atoms with Crippen molar-refractivity contribution < 1.29 is 17.6 Å². The Labute approximate surface area is 123 Å². The summed E-state index contributed by atoms with van der Waals surface area (Å²) in [6.45, 7) is 0. The molecule has 0 saturated heterocycles. The third-order valence-corrected chi connectivity index (χ3v) is 3.12. The van der Waals surface area contributed by atoms with E-state index in [-0.39, 0.29) is 11.4 Å². The molecule has 7 nitrogen and oxygen atoms in total. The van der Waals surface area contributed by atoms with Crippen molar-refractivity contribution in [2.45, 2.75) is 0 Å². The third-order valence-electron chi connectivity index (χ3n) is 2.18. The zero-order valence-electron chi connectivity index (χ0n) is 9.96. The van der Waals surface area contributed by atoms with Gasteiger partial charge in [0.15, 0.2) is 10.4 Å². The lowest BCUT2D eigenvalue weighted by molar-refractivity contribution is 0.0995. The van der Waals surface area contributed by atoms with Crippen LogP contribution in [0.1, 0.15) is 10.6 Å². The Kier molecular flexibility index (Phi) is 4.12. The quantitative estimate of drug-likeness (QED) is 0.773. The zero-order valence-corrected chi connectivity index (χ0v) is 12.4. The molecule has 106 valence electrons. The molecule has 0 saturated carbocycles. The second-order valence-electron chi connectivity index (χ2n) is 3.79. The van der Waals surface area contributed by atoms with Crippen molar-refractivity contribution in [1.82, 2.24) is 0 Å². The molecule has 2 aromatic rings. The van der Waals surface area contributed by atoms with E-state index < -0.39 is 16.1 Å². The number of nitrogens with two attached hydrogens (primary N) is 1. The number of hydrogen-bond acceptors (Lipinski definition) is 4. The van der Waals surface area contributed by atoms with Crippen LogP contribution in [0.15, 0.2) is 45.5 Å². The molecule has 4 N–H and O–H groups in total. The average molecular weight is 360 g/mol. The summed E-state index contributed by atoms with van der Waals surface area (Å²) in [5.41, 5.74) is 0.641. The van der Waals surface area contributed by atoms with Gasteiger partial charge in [0, 0.05) is 5.69 Å². The number of amides is 1. The number of nitrogens with one attached hydrogen (secondary N) is 2. The van der Waals surface area contributed by atoms with Crippen LogP contribution in [0.4, 0.5) is 11.4 Å². The molecule has 1 aromatic heterocycles. The molecule has 0 aliphatic heterocycles. The average Bonchev–Trinajstić information content (AvgIpc) is 2.74. The number of rotatable bonds is 4. The minimum atomic E-state index is -3.86. The van der Waals surface area contributed by atoms with Crippen molar-refractivity contribution in [3.8, 4) is 0 Å². The Morgan fingerprint density at radius 1 is 1.20 bits per heavy atom. The van der Waals surface area contributed by atoms with Gasteiger partial charge in [-0.1, -0.05) is 6.07 Å². The molecule has 0 unspecified atom stereocenters. The molecule has 0 aliphatic rings. The van der Waals surface area contributed by atoms with Crippen LogP contribution >= 0.6 is 15.9 Å². The summed E-state index contributed by atoms with van der Waals surface area (Å²) in [5, 5.41) is 7.43. The molecule has 2 rings (SSSR count). The minimum Gasteiger partial charge on any atom is -0.444 e. The highest BCUT2D eigenvalue weighted by molar-refractivity contribution is 9.10. The fourth-order valence-electron chi connectivity index (χ4n) is 1.45. The molecule has 0 aliphatic carbocycles. The molecule has 0 bridgehead atoms. The summed E-state index contributed by atoms with van der Waals surface area (Å²) in [7, 11) is -3.86. The lowest BCUT2D eigenvalue weighted by atomic mass is 10.3. The SMILES string of the molecule is NS(=O)(=O)Nc1cccc(NC(=O)c2ccc(Br)o2)c1. The second-order valence-corrected chi connectivity index (χ2v) is 5.86. The van der Waals surface area contributed by atoms with E-state index in [0.29, 0.717) is 10.4 Å². The van der Waals surface area contributed by atoms with E-state index >= 15 is 0 Å². The maximum absolute atomic E-state index is 11.8. The van der Waals surface area contributed by atoms with Crippen LogP contribution in [0.3, 0.4) is 0 Å². The van der Waals surface area contributed by atoms with Gasteiger partial charge in [-0.05, 0) is 46.3 Å². The summed E-state index contributed by atoms with van der Waals surface area (Å²) in [6.07, 6.45) is 0. The van der Waals surface area contributed by atoms with Gasteiger partial charge in [0.25, 0.3) is 16.1 Å². The molecule has 1 heterocycles. The fourth-order valence-corrected chi connectivity index (χ4v) is 2.22. The number of carbonyl (C=O) groups excluding carboxylic acids is 1. The predicted molar refractivity (Wildman–Crippen MR) is 77.5 cm³/mol. The monoisotopic (exact) mass is 359 g/mol. The highest BCUT2D eigenvalue weighted by Crippen LogP contribution is 2.18. The molecule has 0 radical (unpaired) electrons. The molecule has 0 fully saturated rings. The number of anilines is 2. The molecule has 9 heteroatoms. The molecule has 1 amide bonds. The zero-order chi connectivity index (χ0) is 14.8. The van der Waals surface area contributed by atoms with Crippen LogP contribution in [0.25, 0.3) is 0 Å². The van der Waals surface area contributed by atoms with Gasteiger partial charge in [0.2, 0.25) is 0 Å². The largest absolute Gasteiger partial charge is 0.444 e. The van der Waals surface area contributed by atoms with Crippen LogP contribution in [-0.2, 0) is 10.2 Å². The second kappa shape index (κ2) is 5.65. The summed E-state index contributed by atoms with van der Waals surface area (Å²) < 4.78 is 29.5. The lowest BCUT2D eigenvalue weighted by Crippen LogP contribution is -2.21. The predicted octanol–water partition coefficient (Wildman–Crippen LogP) is 1.91. The first-order valence-corrected chi connectivity index (χ1v) is 7.65. The highest BCUT2D eigenvalue weighted by atomic mass is 79.9. The van der Waals surface area contributed by atoms with E-state index in [2.05, 4.69) is 26.0 Å². The fraction of sp³-hybridized carbons (Fsp3) is 0. The maximum atomic E-state index is 11.8. The number of hydrogen-bond donors (Lipinski definition) is 3. The van der Waals surface area contributed by atoms with E-state index in [1.807, 2.05) is 0 Å². The van der Waals surface area contributed by atoms with Gasteiger partial charge in [-0.3, -0.25) is 9.52 Å². The first kappa shape index (κ1) is 14.6. The molecule has 1 aromatic carbocycles. The van der Waals surface area contributed by atoms with Crippen LogP contribution in [0, 0.1) is 0 Å². The Hall–Kier alpha value is -1.84. The maximum Gasteiger partial charge on any atom is 0.296 e. The molecular weight excluding hydrogens is 350 g/mol. The van der Waals surface area contributed by atoms with Crippen molar-refractivity contribution >= 4 is 43.4 Å². The third kappa shape index (κ3) is 4.08. The summed E-state index contributed by atoms with van der Waals surface area (Å²) in [6, 6.07) is 9.20. The topological polar surface area (TPSA) is 114 Å². The van der Waals surface area contributed by atoms with Gasteiger partial charge in [0.1, 0.15) is 0 Å². The van der Waals surface area contributed by atoms with Gasteiger partial charge >= 0.3 is 0 Å². The van der Waals surface area contributed by atoms with Gasteiger partial charge in [-0.25, -0.2) is 5.14 Å². The number of benzene rings is 1. The smallest absolute Gasteiger partial charge is 0.296 e. The van der Waals surface area contributed by atoms with Crippen LogP contribution in [0.2, 0.25) is 0 Å². The molecular formula is C11H10BrN3O4S. The van der Waals surface area contributed by atoms with Crippen molar-refractivity contribution in [1.29, 1.82) is 0 Å². The summed E-state index contributed by atoms with van der Waals surface area (Å²) in [4.78, 5) is 11.8. The van der Waals surface area contributed by atoms with Crippen molar-refractivity contribution in [2.24, 2.45) is 5.14 Å². The van der Waals surface area contributed by atoms with Gasteiger partial charge in [-0.2, -0.15) is 8.42 Å². The van der Waals surface area contributed by atoms with Gasteiger partial charge in [-0.15, -0.1) is 0 Å². The Morgan fingerprint density at radius 2 is 1.90 bits per heavy atom. The normalized spacial score (nSPS) is 11.1. The van der Waals surface area contributed by atoms with Crippen LogP contribution in [0.5, 0.6) is 0 Å². The van der Waals surface area contributed by atoms with E-state index in [9.17, 15) is 13.2 Å². The van der Waals surface area contributed by atoms with E-state index in [1.54, 1.807) is 18.2 Å². The van der Waals surface area contributed by atoms with Crippen LogP contribution < -0.4 is 15.2 Å². The standard InChI is InChI=1S/C11H10BrN3O4S/c12-10-5-4-9(19-10)11(16)14-7-2-1-3-8(6-7)15-20(13,17)18/h1-6,15H,(H,14,16)(H2,13,17,18). The number of halogens is 1. The van der Waals surface area contributed by atoms with Gasteiger partial charge in [0.05, 0.1) is 5.69 Å². The van der Waals surface area contributed by atoms with E-state index in [4.69, 9.17) is 9.56 Å². The van der Waals surface area contributed by atoms with E-state index in [0.717, 1.165) is 0 Å². The molecule has 0 spiro atoms. The van der Waals surface area contributed by atoms with Crippen molar-refractivity contribution in [3.05, 3.63) is 46.8 Å². The number of carbonyl (C=O) groups is 1. The van der Waals surface area contributed by atoms with Crippen LogP contribution in [-0.4, -0.2) is 14.3 Å². The molecule has 0 atom stereocenters. The van der Waals surface area contributed by atoms with Crippen molar-refractivity contribution in [3.63, 3.8) is 0 Å². The molecule has 20 heavy (non-hydrogen) atoms. The lowest BCUT2D eigenvalue weighted by Gasteiger charge is -2.07. The Bertz CT molecular complexity index is 742. The Balaban J connectivity index is 2.14. The number of furan rings is 1. The Morgan fingerprint density at radius 3 is 2.50 bits per heavy atom. The minimum absolute atomic E-state index is 0.127. The van der Waals surface area contributed by atoms with Gasteiger partial charge < -0.3 is 9.73 Å². The first-order valence-electron chi connectivity index (χ1n) is 5.31. The summed E-state index contributed by atoms with van der Waals surface area (Å²) >= 11 is 3.09. The summed E-state index contributed by atoms with van der Waals surface area (Å²) in [5.74, 6) is -0.329. The van der Waals surface area contributed by atoms with Crippen molar-refractivity contribution in [2.75, 3.05) is 10.0 Å². The first-order chi connectivity index (χ1) is 9.33. The highest BCUT2D eigenvalue weighted by Gasteiger charge is 2.11.